The largest absolute Gasteiger partial charge is 0.453 e. The number of likely N-dealkylation sites (N-methyl/N-ethyl adjacent to an activating group) is 1. The summed E-state index contributed by atoms with van der Waals surface area (Å²) < 4.78 is 4.54. The molecule has 0 unspecified atom stereocenters. The maximum absolute atomic E-state index is 11.0. The number of alkyl carbamates (subject to hydrolysis) is 1. The average molecular weight is 250 g/mol. The van der Waals surface area contributed by atoms with Gasteiger partial charge in [-0.05, 0) is 19.0 Å². The highest BCUT2D eigenvalue weighted by Gasteiger charge is 2.13. The van der Waals surface area contributed by atoms with Gasteiger partial charge >= 0.3 is 6.09 Å². The lowest BCUT2D eigenvalue weighted by molar-refractivity contribution is 0.165. The summed E-state index contributed by atoms with van der Waals surface area (Å²) in [5, 5.41) is 2.70. The third-order valence-electron chi connectivity index (χ3n) is 3.09. The fourth-order valence-electron chi connectivity index (χ4n) is 1.94. The third kappa shape index (κ3) is 4.37. The molecular weight excluding hydrogens is 228 g/mol. The van der Waals surface area contributed by atoms with Gasteiger partial charge in [-0.2, -0.15) is 0 Å². The van der Waals surface area contributed by atoms with Crippen molar-refractivity contribution in [3.05, 3.63) is 35.9 Å². The summed E-state index contributed by atoms with van der Waals surface area (Å²) >= 11 is 0. The van der Waals surface area contributed by atoms with Gasteiger partial charge in [0.2, 0.25) is 0 Å². The lowest BCUT2D eigenvalue weighted by Gasteiger charge is -2.28. The summed E-state index contributed by atoms with van der Waals surface area (Å²) in [6.07, 6.45) is -0.376. The van der Waals surface area contributed by atoms with Crippen molar-refractivity contribution in [3.8, 4) is 0 Å². The predicted octanol–water partition coefficient (Wildman–Crippen LogP) is 2.43. The standard InChI is InChI=1S/C14H22N2O2/c1-4-16(11-10-15-14(17)18-3)12(2)13-8-6-5-7-9-13/h5-9,12H,4,10-11H2,1-3H3,(H,15,17)/t12-/m0/s1. The van der Waals surface area contributed by atoms with E-state index in [0.29, 0.717) is 12.6 Å². The zero-order valence-corrected chi connectivity index (χ0v) is 11.3. The molecule has 0 saturated heterocycles. The predicted molar refractivity (Wildman–Crippen MR) is 72.5 cm³/mol. The van der Waals surface area contributed by atoms with E-state index in [9.17, 15) is 4.79 Å². The summed E-state index contributed by atoms with van der Waals surface area (Å²) in [6.45, 7) is 6.65. The summed E-state index contributed by atoms with van der Waals surface area (Å²) in [5.41, 5.74) is 1.29. The highest BCUT2D eigenvalue weighted by atomic mass is 16.5. The first-order valence-electron chi connectivity index (χ1n) is 6.29. The monoisotopic (exact) mass is 250 g/mol. The normalized spacial score (nSPS) is 12.2. The molecule has 0 heterocycles. The second kappa shape index (κ2) is 7.71. The van der Waals surface area contributed by atoms with E-state index in [1.807, 2.05) is 18.2 Å². The van der Waals surface area contributed by atoms with E-state index < -0.39 is 0 Å². The number of nitrogens with zero attached hydrogens (tertiary/aromatic N) is 1. The van der Waals surface area contributed by atoms with E-state index >= 15 is 0 Å². The molecule has 1 N–H and O–H groups in total. The molecule has 0 aromatic heterocycles. The summed E-state index contributed by atoms with van der Waals surface area (Å²) in [4.78, 5) is 13.3. The van der Waals surface area contributed by atoms with Crippen LogP contribution in [0.5, 0.6) is 0 Å². The van der Waals surface area contributed by atoms with E-state index in [0.717, 1.165) is 13.1 Å². The van der Waals surface area contributed by atoms with Crippen LogP contribution in [-0.2, 0) is 4.74 Å². The van der Waals surface area contributed by atoms with Crippen LogP contribution in [0.4, 0.5) is 4.79 Å². The van der Waals surface area contributed by atoms with Gasteiger partial charge < -0.3 is 10.1 Å². The highest BCUT2D eigenvalue weighted by molar-refractivity contribution is 5.66. The molecule has 0 radical (unpaired) electrons. The van der Waals surface area contributed by atoms with Crippen LogP contribution in [0.25, 0.3) is 0 Å². The summed E-state index contributed by atoms with van der Waals surface area (Å²) in [5.74, 6) is 0. The minimum absolute atomic E-state index is 0.343. The minimum atomic E-state index is -0.376. The zero-order chi connectivity index (χ0) is 13.4. The molecule has 1 rings (SSSR count). The Balaban J connectivity index is 2.48. The molecule has 0 fully saturated rings. The molecule has 1 amide bonds. The number of carbonyl (C=O) groups excluding carboxylic acids is 1. The Morgan fingerprint density at radius 3 is 2.61 bits per heavy atom. The van der Waals surface area contributed by atoms with Gasteiger partial charge in [0, 0.05) is 19.1 Å². The summed E-state index contributed by atoms with van der Waals surface area (Å²) in [7, 11) is 1.37. The van der Waals surface area contributed by atoms with Crippen LogP contribution in [0.1, 0.15) is 25.5 Å². The molecular formula is C14H22N2O2. The summed E-state index contributed by atoms with van der Waals surface area (Å²) in [6, 6.07) is 10.7. The van der Waals surface area contributed by atoms with Gasteiger partial charge in [0.25, 0.3) is 0 Å². The fraction of sp³-hybridized carbons (Fsp3) is 0.500. The van der Waals surface area contributed by atoms with Crippen LogP contribution < -0.4 is 5.32 Å². The maximum Gasteiger partial charge on any atom is 0.406 e. The van der Waals surface area contributed by atoms with Crippen molar-refractivity contribution in [3.63, 3.8) is 0 Å². The first kappa shape index (κ1) is 14.5. The van der Waals surface area contributed by atoms with E-state index in [1.165, 1.54) is 12.7 Å². The van der Waals surface area contributed by atoms with Gasteiger partial charge in [-0.25, -0.2) is 4.79 Å². The van der Waals surface area contributed by atoms with Gasteiger partial charge in [0.05, 0.1) is 7.11 Å². The van der Waals surface area contributed by atoms with Crippen LogP contribution in [0, 0.1) is 0 Å². The third-order valence-corrected chi connectivity index (χ3v) is 3.09. The van der Waals surface area contributed by atoms with Crippen LogP contribution in [0.3, 0.4) is 0 Å². The molecule has 1 atom stereocenters. The van der Waals surface area contributed by atoms with Crippen molar-refractivity contribution < 1.29 is 9.53 Å². The second-order valence-corrected chi connectivity index (χ2v) is 4.13. The van der Waals surface area contributed by atoms with Crippen molar-refractivity contribution in [2.45, 2.75) is 19.9 Å². The van der Waals surface area contributed by atoms with Crippen LogP contribution >= 0.6 is 0 Å². The van der Waals surface area contributed by atoms with Crippen molar-refractivity contribution in [2.75, 3.05) is 26.7 Å². The lowest BCUT2D eigenvalue weighted by atomic mass is 10.1. The SMILES string of the molecule is CCN(CCNC(=O)OC)[C@@H](C)c1ccccc1. The Kier molecular flexibility index (Phi) is 6.22. The number of nitrogens with one attached hydrogen (secondary N) is 1. The molecule has 4 nitrogen and oxygen atoms in total. The number of methoxy groups -OCH3 is 1. The van der Waals surface area contributed by atoms with E-state index in [1.54, 1.807) is 0 Å². The molecule has 0 aliphatic carbocycles. The van der Waals surface area contributed by atoms with Crippen molar-refractivity contribution in [1.29, 1.82) is 0 Å². The quantitative estimate of drug-likeness (QED) is 0.843. The van der Waals surface area contributed by atoms with E-state index in [4.69, 9.17) is 0 Å². The van der Waals surface area contributed by atoms with Gasteiger partial charge in [-0.3, -0.25) is 4.90 Å². The van der Waals surface area contributed by atoms with Gasteiger partial charge in [-0.1, -0.05) is 37.3 Å². The number of hydrogen-bond acceptors (Lipinski definition) is 3. The van der Waals surface area contributed by atoms with Crippen molar-refractivity contribution in [1.82, 2.24) is 10.2 Å². The Bertz CT molecular complexity index is 354. The molecule has 100 valence electrons. The maximum atomic E-state index is 11.0. The Labute approximate surface area is 109 Å². The molecule has 0 spiro atoms. The minimum Gasteiger partial charge on any atom is -0.453 e. The van der Waals surface area contributed by atoms with Gasteiger partial charge in [-0.15, -0.1) is 0 Å². The molecule has 0 saturated carbocycles. The molecule has 0 aliphatic heterocycles. The van der Waals surface area contributed by atoms with Gasteiger partial charge in [0.15, 0.2) is 0 Å². The molecule has 0 bridgehead atoms. The molecule has 1 aromatic rings. The Morgan fingerprint density at radius 1 is 1.39 bits per heavy atom. The van der Waals surface area contributed by atoms with E-state index in [-0.39, 0.29) is 6.09 Å². The first-order chi connectivity index (χ1) is 8.69. The smallest absolute Gasteiger partial charge is 0.406 e. The number of benzene rings is 1. The topological polar surface area (TPSA) is 41.6 Å². The number of ether oxygens (including phenoxy) is 1. The van der Waals surface area contributed by atoms with Crippen molar-refractivity contribution in [2.24, 2.45) is 0 Å². The highest BCUT2D eigenvalue weighted by Crippen LogP contribution is 2.18. The van der Waals surface area contributed by atoms with Gasteiger partial charge in [0.1, 0.15) is 0 Å². The Hall–Kier alpha value is -1.55. The van der Waals surface area contributed by atoms with Crippen LogP contribution in [0.15, 0.2) is 30.3 Å². The number of rotatable bonds is 6. The fourth-order valence-corrected chi connectivity index (χ4v) is 1.94. The van der Waals surface area contributed by atoms with E-state index in [2.05, 4.69) is 40.9 Å². The molecule has 4 heteroatoms. The van der Waals surface area contributed by atoms with Crippen LogP contribution in [-0.4, -0.2) is 37.7 Å². The second-order valence-electron chi connectivity index (χ2n) is 4.13. The van der Waals surface area contributed by atoms with Crippen molar-refractivity contribution >= 4 is 6.09 Å². The first-order valence-corrected chi connectivity index (χ1v) is 6.29. The number of amides is 1. The van der Waals surface area contributed by atoms with Crippen LogP contribution in [0.2, 0.25) is 0 Å². The lowest BCUT2D eigenvalue weighted by Crippen LogP contribution is -2.36. The zero-order valence-electron chi connectivity index (χ0n) is 11.3. The molecule has 18 heavy (non-hydrogen) atoms. The number of hydrogen-bond donors (Lipinski definition) is 1. The molecule has 1 aromatic carbocycles. The Morgan fingerprint density at radius 2 is 2.06 bits per heavy atom. The number of carbonyl (C=O) groups is 1. The molecule has 0 aliphatic rings. The average Bonchev–Trinajstić information content (AvgIpc) is 2.43.